The molecule has 1 heterocycles. The first kappa shape index (κ1) is 7.56. The van der Waals surface area contributed by atoms with E-state index in [0.29, 0.717) is 0 Å². The Bertz CT molecular complexity index is 423. The number of halogens is 1. The molecule has 0 saturated heterocycles. The lowest BCUT2D eigenvalue weighted by molar-refractivity contribution is 1.24. The average Bonchev–Trinajstić information content (AvgIpc) is 2.07. The molecule has 0 atom stereocenters. The van der Waals surface area contributed by atoms with Crippen molar-refractivity contribution in [1.29, 1.82) is 0 Å². The summed E-state index contributed by atoms with van der Waals surface area (Å²) >= 11 is 5.86. The van der Waals surface area contributed by atoms with Crippen molar-refractivity contribution in [1.82, 2.24) is 4.98 Å². The highest BCUT2D eigenvalue weighted by atomic mass is 35.5. The molecule has 0 bridgehead atoms. The third kappa shape index (κ3) is 1.16. The first-order valence-electron chi connectivity index (χ1n) is 3.78. The molecule has 0 aliphatic heterocycles. The van der Waals surface area contributed by atoms with Gasteiger partial charge in [0.2, 0.25) is 0 Å². The van der Waals surface area contributed by atoms with Crippen LogP contribution in [0.4, 0.5) is 0 Å². The van der Waals surface area contributed by atoms with Gasteiger partial charge in [-0.1, -0.05) is 17.7 Å². The van der Waals surface area contributed by atoms with Gasteiger partial charge in [-0.2, -0.15) is 0 Å². The summed E-state index contributed by atoms with van der Waals surface area (Å²) in [5.74, 6) is 0. The van der Waals surface area contributed by atoms with Gasteiger partial charge in [-0.05, 0) is 30.5 Å². The minimum absolute atomic E-state index is 0.763. The summed E-state index contributed by atoms with van der Waals surface area (Å²) in [5, 5.41) is 3.08. The van der Waals surface area contributed by atoms with E-state index in [4.69, 9.17) is 11.6 Å². The smallest absolute Gasteiger partial charge is 0.0451 e. The van der Waals surface area contributed by atoms with E-state index in [9.17, 15) is 0 Å². The van der Waals surface area contributed by atoms with Crippen molar-refractivity contribution in [3.63, 3.8) is 0 Å². The molecule has 0 unspecified atom stereocenters. The van der Waals surface area contributed by atoms with E-state index in [0.717, 1.165) is 16.1 Å². The fourth-order valence-corrected chi connectivity index (χ4v) is 1.46. The van der Waals surface area contributed by atoms with Gasteiger partial charge in [0.15, 0.2) is 0 Å². The molecule has 60 valence electrons. The molecule has 0 fully saturated rings. The van der Waals surface area contributed by atoms with Gasteiger partial charge in [0.1, 0.15) is 0 Å². The number of aryl methyl sites for hydroxylation is 1. The number of nitrogens with zero attached hydrogens (tertiary/aromatic N) is 1. The van der Waals surface area contributed by atoms with Gasteiger partial charge in [0.25, 0.3) is 0 Å². The zero-order valence-electron chi connectivity index (χ0n) is 6.71. The molecule has 0 amide bonds. The van der Waals surface area contributed by atoms with Crippen LogP contribution in [0, 0.1) is 6.92 Å². The minimum Gasteiger partial charge on any atom is -0.261 e. The van der Waals surface area contributed by atoms with Crippen molar-refractivity contribution in [3.05, 3.63) is 41.2 Å². The summed E-state index contributed by atoms with van der Waals surface area (Å²) in [6.45, 7) is 1.98. The number of rotatable bonds is 0. The number of aromatic nitrogens is 1. The molecule has 0 radical (unpaired) electrons. The summed E-state index contributed by atoms with van der Waals surface area (Å²) in [4.78, 5) is 4.19. The molecule has 0 saturated carbocycles. The molecular weight excluding hydrogens is 170 g/mol. The predicted molar refractivity (Wildman–Crippen MR) is 51.5 cm³/mol. The van der Waals surface area contributed by atoms with E-state index in [2.05, 4.69) is 4.98 Å². The van der Waals surface area contributed by atoms with Gasteiger partial charge < -0.3 is 0 Å². The molecule has 12 heavy (non-hydrogen) atoms. The van der Waals surface area contributed by atoms with Crippen LogP contribution in [0.1, 0.15) is 5.69 Å². The van der Waals surface area contributed by atoms with Gasteiger partial charge in [0, 0.05) is 22.3 Å². The topological polar surface area (TPSA) is 12.9 Å². The molecule has 0 N–H and O–H groups in total. The summed E-state index contributed by atoms with van der Waals surface area (Å²) in [5.41, 5.74) is 1.02. The summed E-state index contributed by atoms with van der Waals surface area (Å²) in [6.07, 6.45) is 1.81. The average molecular weight is 178 g/mol. The number of pyridine rings is 1. The molecule has 1 aromatic carbocycles. The predicted octanol–water partition coefficient (Wildman–Crippen LogP) is 3.20. The second-order valence-corrected chi connectivity index (χ2v) is 3.20. The molecule has 1 nitrogen and oxygen atoms in total. The zero-order chi connectivity index (χ0) is 8.55. The number of hydrogen-bond donors (Lipinski definition) is 0. The highest BCUT2D eigenvalue weighted by Crippen LogP contribution is 2.20. The number of hydrogen-bond acceptors (Lipinski definition) is 1. The molecule has 0 aliphatic carbocycles. The van der Waals surface area contributed by atoms with Crippen LogP contribution in [-0.2, 0) is 0 Å². The van der Waals surface area contributed by atoms with Gasteiger partial charge in [-0.25, -0.2) is 0 Å². The quantitative estimate of drug-likeness (QED) is 0.602. The fourth-order valence-electron chi connectivity index (χ4n) is 1.29. The summed E-state index contributed by atoms with van der Waals surface area (Å²) < 4.78 is 0. The van der Waals surface area contributed by atoms with Crippen molar-refractivity contribution < 1.29 is 0 Å². The van der Waals surface area contributed by atoms with Gasteiger partial charge in [-0.3, -0.25) is 4.98 Å². The van der Waals surface area contributed by atoms with Crippen molar-refractivity contribution in [3.8, 4) is 0 Å². The Hall–Kier alpha value is -1.08. The van der Waals surface area contributed by atoms with E-state index in [1.807, 2.05) is 37.4 Å². The van der Waals surface area contributed by atoms with E-state index < -0.39 is 0 Å². The van der Waals surface area contributed by atoms with Gasteiger partial charge >= 0.3 is 0 Å². The molecular formula is C10H8ClN. The Labute approximate surface area is 76.0 Å². The van der Waals surface area contributed by atoms with E-state index in [1.54, 1.807) is 0 Å². The third-order valence-corrected chi connectivity index (χ3v) is 2.16. The minimum atomic E-state index is 0.763. The Morgan fingerprint density at radius 3 is 2.92 bits per heavy atom. The normalized spacial score (nSPS) is 10.5. The fraction of sp³-hybridized carbons (Fsp3) is 0.100. The molecule has 0 spiro atoms. The molecule has 1 aromatic heterocycles. The van der Waals surface area contributed by atoms with Crippen LogP contribution in [-0.4, -0.2) is 4.98 Å². The van der Waals surface area contributed by atoms with Crippen molar-refractivity contribution >= 4 is 22.4 Å². The highest BCUT2D eigenvalue weighted by Gasteiger charge is 1.97. The van der Waals surface area contributed by atoms with Crippen LogP contribution in [0.15, 0.2) is 30.5 Å². The van der Waals surface area contributed by atoms with Crippen LogP contribution in [0.2, 0.25) is 5.02 Å². The van der Waals surface area contributed by atoms with E-state index in [1.165, 1.54) is 5.39 Å². The second-order valence-electron chi connectivity index (χ2n) is 2.76. The maximum atomic E-state index is 5.86. The van der Waals surface area contributed by atoms with Crippen LogP contribution >= 0.6 is 11.6 Å². The Balaban J connectivity index is 2.88. The SMILES string of the molecule is Cc1nccc2ccc(Cl)cc12. The van der Waals surface area contributed by atoms with Gasteiger partial charge in [0.05, 0.1) is 0 Å². The molecule has 2 rings (SSSR count). The van der Waals surface area contributed by atoms with E-state index in [-0.39, 0.29) is 0 Å². The van der Waals surface area contributed by atoms with E-state index >= 15 is 0 Å². The number of benzene rings is 1. The lowest BCUT2D eigenvalue weighted by Gasteiger charge is -2.00. The lowest BCUT2D eigenvalue weighted by Crippen LogP contribution is -1.82. The van der Waals surface area contributed by atoms with Gasteiger partial charge in [-0.15, -0.1) is 0 Å². The standard InChI is InChI=1S/C10H8ClN/c1-7-10-6-9(11)3-2-8(10)4-5-12-7/h2-6H,1H3. The maximum Gasteiger partial charge on any atom is 0.0451 e. The first-order chi connectivity index (χ1) is 5.77. The third-order valence-electron chi connectivity index (χ3n) is 1.93. The Morgan fingerprint density at radius 2 is 2.08 bits per heavy atom. The largest absolute Gasteiger partial charge is 0.261 e. The second kappa shape index (κ2) is 2.76. The first-order valence-corrected chi connectivity index (χ1v) is 4.16. The maximum absolute atomic E-state index is 5.86. The summed E-state index contributed by atoms with van der Waals surface area (Å²) in [6, 6.07) is 7.83. The van der Waals surface area contributed by atoms with Crippen molar-refractivity contribution in [2.24, 2.45) is 0 Å². The molecule has 2 aromatic rings. The number of fused-ring (bicyclic) bond motifs is 1. The summed E-state index contributed by atoms with van der Waals surface area (Å²) in [7, 11) is 0. The van der Waals surface area contributed by atoms with Crippen molar-refractivity contribution in [2.75, 3.05) is 0 Å². The van der Waals surface area contributed by atoms with Crippen LogP contribution in [0.25, 0.3) is 10.8 Å². The highest BCUT2D eigenvalue weighted by molar-refractivity contribution is 6.31. The Morgan fingerprint density at radius 1 is 1.25 bits per heavy atom. The zero-order valence-corrected chi connectivity index (χ0v) is 7.47. The van der Waals surface area contributed by atoms with Crippen molar-refractivity contribution in [2.45, 2.75) is 6.92 Å². The molecule has 2 heteroatoms. The van der Waals surface area contributed by atoms with Crippen LogP contribution < -0.4 is 0 Å². The monoisotopic (exact) mass is 177 g/mol. The lowest BCUT2D eigenvalue weighted by atomic mass is 10.1. The van der Waals surface area contributed by atoms with Crippen LogP contribution in [0.3, 0.4) is 0 Å². The molecule has 0 aliphatic rings. The van der Waals surface area contributed by atoms with Crippen LogP contribution in [0.5, 0.6) is 0 Å². The Kier molecular flexibility index (Phi) is 1.74.